The Balaban J connectivity index is 1.04. The molecule has 11 heteroatoms. The zero-order valence-electron chi connectivity index (χ0n) is 26.9. The highest BCUT2D eigenvalue weighted by molar-refractivity contribution is 5.90. The van der Waals surface area contributed by atoms with Crippen LogP contribution in [-0.4, -0.2) is 67.3 Å². The maximum absolute atomic E-state index is 13.7. The predicted octanol–water partition coefficient (Wildman–Crippen LogP) is 6.39. The molecule has 5 aromatic rings. The normalized spacial score (nSPS) is 18.0. The minimum Gasteiger partial charge on any atom is -0.473 e. The van der Waals surface area contributed by atoms with Crippen molar-refractivity contribution in [3.05, 3.63) is 89.4 Å². The van der Waals surface area contributed by atoms with Crippen molar-refractivity contribution in [1.29, 1.82) is 0 Å². The van der Waals surface area contributed by atoms with Crippen LogP contribution < -0.4 is 4.74 Å². The fraction of sp³-hybridized carbons (Fsp3) is 0.417. The Morgan fingerprint density at radius 1 is 1.00 bits per heavy atom. The Hall–Kier alpha value is -4.48. The topological polar surface area (TPSA) is 104 Å². The van der Waals surface area contributed by atoms with Crippen LogP contribution in [0.2, 0.25) is 0 Å². The van der Waals surface area contributed by atoms with Crippen LogP contribution in [0.25, 0.3) is 22.1 Å². The Bertz CT molecular complexity index is 1900. The lowest BCUT2D eigenvalue weighted by Gasteiger charge is -2.36. The standard InChI is InChI=1S/C36H39FN6O4/c1-22(2)47-36(44)31-10-9-30-35(41-31)43(20-27-14-18-45-27)34(40-30)23(3)42-16-12-24(13-17-42)29-5-4-6-33(39-29)46-21-25-11-15-38-32-19-26(37)7-8-28(25)32/h4-11,15,19,22-24,27H,12-14,16-18,20-21H2,1-3H3/t23-,27-/m0/s1. The van der Waals surface area contributed by atoms with E-state index in [0.29, 0.717) is 36.1 Å². The van der Waals surface area contributed by atoms with Gasteiger partial charge in [0, 0.05) is 47.5 Å². The summed E-state index contributed by atoms with van der Waals surface area (Å²) in [4.78, 5) is 34.0. The largest absolute Gasteiger partial charge is 0.473 e. The number of hydrogen-bond acceptors (Lipinski definition) is 9. The number of nitrogens with zero attached hydrogens (tertiary/aromatic N) is 6. The molecule has 2 saturated heterocycles. The number of carbonyl (C=O) groups is 1. The number of benzene rings is 1. The molecule has 0 radical (unpaired) electrons. The first-order chi connectivity index (χ1) is 22.8. The summed E-state index contributed by atoms with van der Waals surface area (Å²) in [6.45, 7) is 9.35. The molecule has 0 spiro atoms. The number of piperidine rings is 1. The van der Waals surface area contributed by atoms with Gasteiger partial charge in [0.05, 0.1) is 30.3 Å². The summed E-state index contributed by atoms with van der Waals surface area (Å²) in [6, 6.07) is 16.0. The van der Waals surface area contributed by atoms with E-state index in [4.69, 9.17) is 29.2 Å². The van der Waals surface area contributed by atoms with Crippen LogP contribution in [0.5, 0.6) is 5.88 Å². The van der Waals surface area contributed by atoms with Gasteiger partial charge in [-0.15, -0.1) is 0 Å². The Morgan fingerprint density at radius 2 is 1.83 bits per heavy atom. The van der Waals surface area contributed by atoms with Crippen LogP contribution in [0, 0.1) is 5.82 Å². The SMILES string of the molecule is CC(C)OC(=O)c1ccc2nc([C@H](C)N3CCC(c4cccc(OCc5ccnc6cc(F)ccc56)n4)CC3)n(C[C@@H]3CCO3)c2n1. The lowest BCUT2D eigenvalue weighted by Crippen LogP contribution is -2.37. The van der Waals surface area contributed by atoms with Crippen molar-refractivity contribution in [2.45, 2.75) is 77.4 Å². The third kappa shape index (κ3) is 6.68. The summed E-state index contributed by atoms with van der Waals surface area (Å²) in [6.07, 6.45) is 4.46. The van der Waals surface area contributed by atoms with Crippen LogP contribution in [0.1, 0.15) is 79.6 Å². The highest BCUT2D eigenvalue weighted by atomic mass is 19.1. The van der Waals surface area contributed by atoms with Gasteiger partial charge in [0.25, 0.3) is 0 Å². The summed E-state index contributed by atoms with van der Waals surface area (Å²) in [5.74, 6) is 1.07. The number of fused-ring (bicyclic) bond motifs is 2. The maximum Gasteiger partial charge on any atom is 0.357 e. The number of halogens is 1. The summed E-state index contributed by atoms with van der Waals surface area (Å²) in [5.41, 5.74) is 4.29. The van der Waals surface area contributed by atoms with E-state index in [1.54, 1.807) is 18.3 Å². The van der Waals surface area contributed by atoms with Crippen molar-refractivity contribution >= 4 is 28.0 Å². The number of rotatable bonds is 10. The fourth-order valence-corrected chi connectivity index (χ4v) is 6.48. The molecule has 0 aliphatic carbocycles. The Morgan fingerprint density at radius 3 is 2.60 bits per heavy atom. The van der Waals surface area contributed by atoms with Crippen LogP contribution in [0.4, 0.5) is 4.39 Å². The maximum atomic E-state index is 13.7. The molecule has 2 fully saturated rings. The second-order valence-corrected chi connectivity index (χ2v) is 12.7. The monoisotopic (exact) mass is 638 g/mol. The molecule has 0 N–H and O–H groups in total. The summed E-state index contributed by atoms with van der Waals surface area (Å²) >= 11 is 0. The number of aromatic nitrogens is 5. The van der Waals surface area contributed by atoms with Crippen LogP contribution in [0.3, 0.4) is 0 Å². The van der Waals surface area contributed by atoms with Gasteiger partial charge >= 0.3 is 5.97 Å². The smallest absolute Gasteiger partial charge is 0.357 e. The number of hydrogen-bond donors (Lipinski definition) is 0. The molecule has 10 nitrogen and oxygen atoms in total. The van der Waals surface area contributed by atoms with Gasteiger partial charge in [-0.2, -0.15) is 0 Å². The molecule has 47 heavy (non-hydrogen) atoms. The van der Waals surface area contributed by atoms with E-state index < -0.39 is 5.97 Å². The lowest BCUT2D eigenvalue weighted by molar-refractivity contribution is -0.0595. The number of imidazole rings is 1. The fourth-order valence-electron chi connectivity index (χ4n) is 6.48. The molecule has 6 heterocycles. The van der Waals surface area contributed by atoms with Crippen LogP contribution in [0.15, 0.2) is 60.8 Å². The van der Waals surface area contributed by atoms with Gasteiger partial charge in [0.1, 0.15) is 23.8 Å². The van der Waals surface area contributed by atoms with Crippen molar-refractivity contribution in [2.24, 2.45) is 0 Å². The van der Waals surface area contributed by atoms with Crippen molar-refractivity contribution < 1.29 is 23.4 Å². The van der Waals surface area contributed by atoms with E-state index in [9.17, 15) is 9.18 Å². The van der Waals surface area contributed by atoms with E-state index in [2.05, 4.69) is 27.4 Å². The number of pyridine rings is 3. The first kappa shape index (κ1) is 31.1. The molecule has 0 unspecified atom stereocenters. The Kier molecular flexibility index (Phi) is 8.83. The van der Waals surface area contributed by atoms with Crippen LogP contribution in [-0.2, 0) is 22.6 Å². The minimum absolute atomic E-state index is 0.0441. The number of ether oxygens (including phenoxy) is 3. The van der Waals surface area contributed by atoms with Gasteiger partial charge in [0.2, 0.25) is 5.88 Å². The van der Waals surface area contributed by atoms with Crippen molar-refractivity contribution in [3.63, 3.8) is 0 Å². The van der Waals surface area contributed by atoms with Gasteiger partial charge in [-0.25, -0.2) is 24.1 Å². The molecule has 244 valence electrons. The molecule has 4 aromatic heterocycles. The zero-order chi connectivity index (χ0) is 32.5. The predicted molar refractivity (Wildman–Crippen MR) is 175 cm³/mol. The van der Waals surface area contributed by atoms with Crippen molar-refractivity contribution in [1.82, 2.24) is 29.4 Å². The van der Waals surface area contributed by atoms with Crippen LogP contribution >= 0.6 is 0 Å². The van der Waals surface area contributed by atoms with Gasteiger partial charge in [-0.05, 0) is 89.5 Å². The van der Waals surface area contributed by atoms with Gasteiger partial charge < -0.3 is 18.8 Å². The molecule has 0 saturated carbocycles. The average molecular weight is 639 g/mol. The van der Waals surface area contributed by atoms with Gasteiger partial charge in [-0.1, -0.05) is 6.07 Å². The summed E-state index contributed by atoms with van der Waals surface area (Å²) in [7, 11) is 0. The molecule has 0 bridgehead atoms. The van der Waals surface area contributed by atoms with E-state index in [-0.39, 0.29) is 29.8 Å². The first-order valence-electron chi connectivity index (χ1n) is 16.4. The minimum atomic E-state index is -0.433. The van der Waals surface area contributed by atoms with E-state index in [0.717, 1.165) is 66.9 Å². The summed E-state index contributed by atoms with van der Waals surface area (Å²) < 4.78 is 33.1. The zero-order valence-corrected chi connectivity index (χ0v) is 26.9. The highest BCUT2D eigenvalue weighted by Crippen LogP contribution is 2.33. The third-order valence-electron chi connectivity index (χ3n) is 9.14. The number of carbonyl (C=O) groups excluding carboxylic acids is 1. The van der Waals surface area contributed by atoms with Gasteiger partial charge in [0.15, 0.2) is 11.3 Å². The van der Waals surface area contributed by atoms with Gasteiger partial charge in [-0.3, -0.25) is 9.88 Å². The average Bonchev–Trinajstić information content (AvgIpc) is 3.42. The van der Waals surface area contributed by atoms with E-state index in [1.807, 2.05) is 38.1 Å². The second-order valence-electron chi connectivity index (χ2n) is 12.7. The van der Waals surface area contributed by atoms with Crippen molar-refractivity contribution in [2.75, 3.05) is 19.7 Å². The summed E-state index contributed by atoms with van der Waals surface area (Å²) in [5, 5.41) is 0.866. The molecule has 0 amide bonds. The van der Waals surface area contributed by atoms with E-state index in [1.165, 1.54) is 12.1 Å². The molecular weight excluding hydrogens is 599 g/mol. The number of likely N-dealkylation sites (tertiary alicyclic amines) is 1. The second kappa shape index (κ2) is 13.3. The van der Waals surface area contributed by atoms with Crippen molar-refractivity contribution in [3.8, 4) is 5.88 Å². The lowest BCUT2D eigenvalue weighted by atomic mass is 9.92. The molecule has 7 rings (SSSR count). The molecular formula is C36H39FN6O4. The van der Waals surface area contributed by atoms with E-state index >= 15 is 0 Å². The highest BCUT2D eigenvalue weighted by Gasteiger charge is 2.30. The number of esters is 1. The molecule has 2 aliphatic heterocycles. The Labute approximate surface area is 272 Å². The molecule has 1 aromatic carbocycles. The molecule has 2 atom stereocenters. The quantitative estimate of drug-likeness (QED) is 0.161. The first-order valence-corrected chi connectivity index (χ1v) is 16.4. The third-order valence-corrected chi connectivity index (χ3v) is 9.14. The molecule has 2 aliphatic rings.